The Labute approximate surface area is 144 Å². The Hall–Kier alpha value is -1.21. The predicted molar refractivity (Wildman–Crippen MR) is 95.6 cm³/mol. The van der Waals surface area contributed by atoms with Gasteiger partial charge in [0.1, 0.15) is 5.82 Å². The van der Waals surface area contributed by atoms with Gasteiger partial charge in [-0.15, -0.1) is 0 Å². The van der Waals surface area contributed by atoms with Crippen molar-refractivity contribution in [1.82, 2.24) is 20.5 Å². The molecule has 0 amide bonds. The fourth-order valence-electron chi connectivity index (χ4n) is 3.99. The average Bonchev–Trinajstić information content (AvgIpc) is 2.63. The number of hydrogen-bond donors (Lipinski definition) is 2. The summed E-state index contributed by atoms with van der Waals surface area (Å²) in [7, 11) is 0. The number of ether oxygens (including phenoxy) is 1. The van der Waals surface area contributed by atoms with E-state index in [9.17, 15) is 0 Å². The third kappa shape index (κ3) is 3.57. The van der Waals surface area contributed by atoms with Crippen LogP contribution < -0.4 is 15.5 Å². The van der Waals surface area contributed by atoms with E-state index in [0.717, 1.165) is 71.2 Å². The van der Waals surface area contributed by atoms with Crippen LogP contribution in [0.3, 0.4) is 0 Å². The minimum Gasteiger partial charge on any atom is -0.374 e. The molecule has 2 N–H and O–H groups in total. The summed E-state index contributed by atoms with van der Waals surface area (Å²) in [5, 5.41) is 6.96. The second kappa shape index (κ2) is 7.35. The average molecular weight is 331 g/mol. The zero-order valence-electron chi connectivity index (χ0n) is 14.6. The SMILES string of the molecule is C[C@H]1NCCc2cnc(N3CCN(CC4CNCCO4)CC3)cc21. The first-order valence-electron chi connectivity index (χ1n) is 9.31. The molecule has 1 aromatic heterocycles. The van der Waals surface area contributed by atoms with Gasteiger partial charge in [0.05, 0.1) is 12.7 Å². The summed E-state index contributed by atoms with van der Waals surface area (Å²) in [5.74, 6) is 1.14. The number of piperazine rings is 1. The minimum atomic E-state index is 0.346. The summed E-state index contributed by atoms with van der Waals surface area (Å²) in [6.45, 7) is 11.4. The molecule has 0 spiro atoms. The van der Waals surface area contributed by atoms with Gasteiger partial charge >= 0.3 is 0 Å². The largest absolute Gasteiger partial charge is 0.374 e. The zero-order valence-corrected chi connectivity index (χ0v) is 14.6. The molecule has 1 unspecified atom stereocenters. The number of nitrogens with one attached hydrogen (secondary N) is 2. The van der Waals surface area contributed by atoms with Gasteiger partial charge in [-0.25, -0.2) is 4.98 Å². The van der Waals surface area contributed by atoms with Crippen molar-refractivity contribution >= 4 is 5.82 Å². The summed E-state index contributed by atoms with van der Waals surface area (Å²) in [6, 6.07) is 2.74. The highest BCUT2D eigenvalue weighted by Crippen LogP contribution is 2.26. The fourth-order valence-corrected chi connectivity index (χ4v) is 3.99. The van der Waals surface area contributed by atoms with E-state index in [-0.39, 0.29) is 0 Å². The van der Waals surface area contributed by atoms with E-state index in [1.807, 2.05) is 0 Å². The second-order valence-electron chi connectivity index (χ2n) is 7.15. The van der Waals surface area contributed by atoms with Crippen LogP contribution in [0.4, 0.5) is 5.82 Å². The zero-order chi connectivity index (χ0) is 16.4. The number of anilines is 1. The molecule has 0 radical (unpaired) electrons. The van der Waals surface area contributed by atoms with Gasteiger partial charge in [-0.1, -0.05) is 0 Å². The molecule has 4 rings (SSSR count). The molecule has 132 valence electrons. The van der Waals surface area contributed by atoms with Crippen molar-refractivity contribution in [2.75, 3.05) is 63.9 Å². The van der Waals surface area contributed by atoms with Crippen LogP contribution in [0.25, 0.3) is 0 Å². The molecule has 2 saturated heterocycles. The van der Waals surface area contributed by atoms with Gasteiger partial charge < -0.3 is 20.3 Å². The molecule has 0 aliphatic carbocycles. The molecule has 1 aromatic rings. The molecule has 0 saturated carbocycles. The van der Waals surface area contributed by atoms with Gasteiger partial charge in [0.2, 0.25) is 0 Å². The van der Waals surface area contributed by atoms with Crippen molar-refractivity contribution in [1.29, 1.82) is 0 Å². The van der Waals surface area contributed by atoms with Crippen LogP contribution in [0.1, 0.15) is 24.1 Å². The molecule has 6 nitrogen and oxygen atoms in total. The van der Waals surface area contributed by atoms with Crippen molar-refractivity contribution in [3.8, 4) is 0 Å². The summed E-state index contributed by atoms with van der Waals surface area (Å²) < 4.78 is 5.83. The smallest absolute Gasteiger partial charge is 0.128 e. The van der Waals surface area contributed by atoms with Crippen LogP contribution in [-0.2, 0) is 11.2 Å². The third-order valence-corrected chi connectivity index (χ3v) is 5.48. The lowest BCUT2D eigenvalue weighted by molar-refractivity contribution is 0.00463. The molecule has 2 fully saturated rings. The van der Waals surface area contributed by atoms with Gasteiger partial charge in [0.25, 0.3) is 0 Å². The van der Waals surface area contributed by atoms with E-state index in [0.29, 0.717) is 12.1 Å². The molecular formula is C18H29N5O. The van der Waals surface area contributed by atoms with Crippen LogP contribution in [0, 0.1) is 0 Å². The quantitative estimate of drug-likeness (QED) is 0.836. The van der Waals surface area contributed by atoms with Gasteiger partial charge in [0, 0.05) is 58.1 Å². The highest BCUT2D eigenvalue weighted by Gasteiger charge is 2.24. The van der Waals surface area contributed by atoms with Crippen LogP contribution in [-0.4, -0.2) is 75.0 Å². The molecule has 4 heterocycles. The molecule has 3 aliphatic heterocycles. The number of hydrogen-bond acceptors (Lipinski definition) is 6. The Bertz CT molecular complexity index is 552. The first kappa shape index (κ1) is 16.3. The van der Waals surface area contributed by atoms with Gasteiger partial charge in [-0.3, -0.25) is 4.90 Å². The van der Waals surface area contributed by atoms with Crippen molar-refractivity contribution < 1.29 is 4.74 Å². The van der Waals surface area contributed by atoms with E-state index in [4.69, 9.17) is 9.72 Å². The van der Waals surface area contributed by atoms with E-state index in [2.05, 4.69) is 39.6 Å². The maximum Gasteiger partial charge on any atom is 0.128 e. The molecule has 0 bridgehead atoms. The molecule has 0 aromatic carbocycles. The standard InChI is InChI=1S/C18H29N5O/c1-14-17-10-18(21-11-15(17)2-3-20-14)23-7-5-22(6-8-23)13-16-12-19-4-9-24-16/h10-11,14,16,19-20H,2-9,12-13H2,1H3/t14-,16?/m1/s1. The summed E-state index contributed by atoms with van der Waals surface area (Å²) in [6.07, 6.45) is 3.53. The lowest BCUT2D eigenvalue weighted by Crippen LogP contribution is -2.52. The van der Waals surface area contributed by atoms with Crippen molar-refractivity contribution in [2.24, 2.45) is 0 Å². The van der Waals surface area contributed by atoms with Crippen LogP contribution >= 0.6 is 0 Å². The molecular weight excluding hydrogens is 302 g/mol. The minimum absolute atomic E-state index is 0.346. The highest BCUT2D eigenvalue weighted by molar-refractivity contribution is 5.46. The first-order valence-corrected chi connectivity index (χ1v) is 9.31. The monoisotopic (exact) mass is 331 g/mol. The Kier molecular flexibility index (Phi) is 4.98. The summed E-state index contributed by atoms with van der Waals surface area (Å²) in [4.78, 5) is 9.69. The molecule has 3 aliphatic rings. The normalized spacial score (nSPS) is 28.6. The van der Waals surface area contributed by atoms with Crippen LogP contribution in [0.15, 0.2) is 12.3 Å². The van der Waals surface area contributed by atoms with E-state index in [1.54, 1.807) is 0 Å². The first-order chi connectivity index (χ1) is 11.8. The predicted octanol–water partition coefficient (Wildman–Crippen LogP) is 0.399. The number of nitrogens with zero attached hydrogens (tertiary/aromatic N) is 3. The third-order valence-electron chi connectivity index (χ3n) is 5.48. The van der Waals surface area contributed by atoms with Gasteiger partial charge in [-0.05, 0) is 37.1 Å². The summed E-state index contributed by atoms with van der Waals surface area (Å²) >= 11 is 0. The number of rotatable bonds is 3. The Morgan fingerprint density at radius 2 is 2.12 bits per heavy atom. The highest BCUT2D eigenvalue weighted by atomic mass is 16.5. The lowest BCUT2D eigenvalue weighted by atomic mass is 9.97. The Morgan fingerprint density at radius 3 is 2.92 bits per heavy atom. The maximum atomic E-state index is 5.83. The summed E-state index contributed by atoms with van der Waals surface area (Å²) in [5.41, 5.74) is 2.83. The number of morpholine rings is 1. The van der Waals surface area contributed by atoms with Crippen molar-refractivity contribution in [2.45, 2.75) is 25.5 Å². The topological polar surface area (TPSA) is 52.7 Å². The molecule has 6 heteroatoms. The second-order valence-corrected chi connectivity index (χ2v) is 7.15. The number of fused-ring (bicyclic) bond motifs is 1. The van der Waals surface area contributed by atoms with E-state index in [1.165, 1.54) is 11.1 Å². The van der Waals surface area contributed by atoms with Crippen LogP contribution in [0.5, 0.6) is 0 Å². The fraction of sp³-hybridized carbons (Fsp3) is 0.722. The van der Waals surface area contributed by atoms with Gasteiger partial charge in [0.15, 0.2) is 0 Å². The van der Waals surface area contributed by atoms with Crippen LogP contribution in [0.2, 0.25) is 0 Å². The van der Waals surface area contributed by atoms with Crippen molar-refractivity contribution in [3.63, 3.8) is 0 Å². The van der Waals surface area contributed by atoms with Crippen molar-refractivity contribution in [3.05, 3.63) is 23.4 Å². The lowest BCUT2D eigenvalue weighted by Gasteiger charge is -2.38. The number of pyridine rings is 1. The molecule has 24 heavy (non-hydrogen) atoms. The maximum absolute atomic E-state index is 5.83. The van der Waals surface area contributed by atoms with E-state index >= 15 is 0 Å². The molecule has 2 atom stereocenters. The Morgan fingerprint density at radius 1 is 1.25 bits per heavy atom. The Balaban J connectivity index is 1.35. The number of aromatic nitrogens is 1. The van der Waals surface area contributed by atoms with E-state index < -0.39 is 0 Å². The van der Waals surface area contributed by atoms with Gasteiger partial charge in [-0.2, -0.15) is 0 Å².